The molecule has 1 radical (unpaired) electrons. The number of thiocarbonyl (C=S) groups is 2. The summed E-state index contributed by atoms with van der Waals surface area (Å²) in [5.74, 6) is -2.88. The van der Waals surface area contributed by atoms with Crippen LogP contribution in [-0.2, 0) is 26.7 Å². The van der Waals surface area contributed by atoms with Crippen molar-refractivity contribution in [2.45, 2.75) is 37.9 Å². The molecule has 2 atom stereocenters. The van der Waals surface area contributed by atoms with E-state index in [0.717, 1.165) is 0 Å². The van der Waals surface area contributed by atoms with Crippen molar-refractivity contribution in [2.75, 3.05) is 0 Å². The third kappa shape index (κ3) is 17.6. The van der Waals surface area contributed by atoms with E-state index >= 15 is 0 Å². The molecule has 9 heteroatoms. The van der Waals surface area contributed by atoms with Crippen LogP contribution in [-0.4, -0.2) is 45.1 Å². The van der Waals surface area contributed by atoms with Crippen molar-refractivity contribution < 1.29 is 47.1 Å². The molecule has 0 rings (SSSR count). The molecule has 109 valence electrons. The Morgan fingerprint density at radius 1 is 0.947 bits per heavy atom. The first-order valence-corrected chi connectivity index (χ1v) is 5.96. The fourth-order valence-electron chi connectivity index (χ4n) is 0.688. The number of hydrogen-bond donors (Lipinski definition) is 2. The summed E-state index contributed by atoms with van der Waals surface area (Å²) in [4.78, 5) is 19.6. The molecule has 0 saturated carbocycles. The fourth-order valence-corrected chi connectivity index (χ4v) is 0.960. The Bertz CT molecular complexity index is 259. The molecule has 6 nitrogen and oxygen atoms in total. The number of carboxylic acids is 2. The number of aliphatic carboxylic acids is 2. The van der Waals surface area contributed by atoms with E-state index in [-0.39, 0.29) is 29.9 Å². The summed E-state index contributed by atoms with van der Waals surface area (Å²) < 4.78 is 0. The standard InChI is InChI=1S/2C5H8O3S.Mn/c2*6-4(5(7)8)2-1-3-9;/h2*3-4,6H,1-2H2,(H,7,8);/q;;+2/p-2. The Labute approximate surface area is 132 Å². The first-order chi connectivity index (χ1) is 8.36. The SMILES string of the molecule is O=C([O-])C(O)CCC=S.O=C([O-])C(O)CCC=S.[Mn+2]. The van der Waals surface area contributed by atoms with E-state index in [2.05, 4.69) is 24.4 Å². The molecular weight excluding hydrogens is 335 g/mol. The number of carbonyl (C=O) groups excluding carboxylic acids is 2. The van der Waals surface area contributed by atoms with Gasteiger partial charge in [0, 0.05) is 0 Å². The van der Waals surface area contributed by atoms with Crippen molar-refractivity contribution in [1.82, 2.24) is 0 Å². The Balaban J connectivity index is -0.000000256. The van der Waals surface area contributed by atoms with Crippen LogP contribution in [0, 0.1) is 0 Å². The monoisotopic (exact) mass is 349 g/mol. The number of aliphatic hydroxyl groups is 2. The van der Waals surface area contributed by atoms with E-state index in [0.29, 0.717) is 12.8 Å². The van der Waals surface area contributed by atoms with Gasteiger partial charge in [0.1, 0.15) is 0 Å². The summed E-state index contributed by atoms with van der Waals surface area (Å²) in [6.45, 7) is 0. The average molecular weight is 349 g/mol. The Hall–Kier alpha value is -0.441. The van der Waals surface area contributed by atoms with E-state index in [1.807, 2.05) is 0 Å². The molecule has 2 unspecified atom stereocenters. The summed E-state index contributed by atoms with van der Waals surface area (Å²) in [5, 5.41) is 39.4. The van der Waals surface area contributed by atoms with Gasteiger partial charge in [0.05, 0.1) is 24.1 Å². The Morgan fingerprint density at radius 3 is 1.37 bits per heavy atom. The third-order valence-electron chi connectivity index (χ3n) is 1.66. The predicted molar refractivity (Wildman–Crippen MR) is 67.8 cm³/mol. The van der Waals surface area contributed by atoms with Crippen molar-refractivity contribution in [3.63, 3.8) is 0 Å². The topological polar surface area (TPSA) is 121 Å². The van der Waals surface area contributed by atoms with Crippen molar-refractivity contribution in [3.05, 3.63) is 0 Å². The van der Waals surface area contributed by atoms with Crippen LogP contribution in [0.25, 0.3) is 0 Å². The second-order valence-electron chi connectivity index (χ2n) is 3.16. The molecule has 0 fully saturated rings. The minimum absolute atomic E-state index is 0. The van der Waals surface area contributed by atoms with Gasteiger partial charge >= 0.3 is 17.1 Å². The number of aliphatic hydroxyl groups excluding tert-OH is 2. The van der Waals surface area contributed by atoms with Crippen LogP contribution in [0.2, 0.25) is 0 Å². The molecule has 0 heterocycles. The zero-order valence-corrected chi connectivity index (χ0v) is 12.7. The molecule has 2 N–H and O–H groups in total. The van der Waals surface area contributed by atoms with Crippen molar-refractivity contribution in [3.8, 4) is 0 Å². The molecule has 0 aromatic rings. The molecule has 0 aliphatic carbocycles. The zero-order valence-electron chi connectivity index (χ0n) is 9.86. The Morgan fingerprint density at radius 2 is 1.21 bits per heavy atom. The van der Waals surface area contributed by atoms with Gasteiger partial charge < -0.3 is 30.0 Å². The van der Waals surface area contributed by atoms with Crippen LogP contribution >= 0.6 is 24.4 Å². The van der Waals surface area contributed by atoms with Gasteiger partial charge in [-0.3, -0.25) is 0 Å². The minimum Gasteiger partial charge on any atom is -0.547 e. The molecular formula is C10H14MnO6S2. The fraction of sp³-hybridized carbons (Fsp3) is 0.600. The van der Waals surface area contributed by atoms with Gasteiger partial charge in [0.2, 0.25) is 0 Å². The van der Waals surface area contributed by atoms with E-state index in [9.17, 15) is 19.8 Å². The van der Waals surface area contributed by atoms with Crippen LogP contribution in [0.4, 0.5) is 0 Å². The van der Waals surface area contributed by atoms with Crippen LogP contribution in [0.5, 0.6) is 0 Å². The predicted octanol–water partition coefficient (Wildman–Crippen LogP) is -2.25. The molecule has 0 aromatic heterocycles. The molecule has 19 heavy (non-hydrogen) atoms. The van der Waals surface area contributed by atoms with Crippen LogP contribution < -0.4 is 10.2 Å². The normalized spacial score (nSPS) is 11.9. The Kier molecular flexibility index (Phi) is 19.4. The third-order valence-corrected chi connectivity index (χ3v) is 2.13. The summed E-state index contributed by atoms with van der Waals surface area (Å²) in [7, 11) is 0. The van der Waals surface area contributed by atoms with Gasteiger partial charge in [0.25, 0.3) is 0 Å². The molecule has 0 aromatic carbocycles. The van der Waals surface area contributed by atoms with Gasteiger partial charge in [-0.1, -0.05) is 24.4 Å². The van der Waals surface area contributed by atoms with Gasteiger partial charge in [0.15, 0.2) is 0 Å². The van der Waals surface area contributed by atoms with E-state index in [1.165, 1.54) is 10.7 Å². The van der Waals surface area contributed by atoms with E-state index in [1.54, 1.807) is 0 Å². The van der Waals surface area contributed by atoms with Crippen molar-refractivity contribution >= 4 is 47.1 Å². The number of carbonyl (C=O) groups is 2. The van der Waals surface area contributed by atoms with Crippen molar-refractivity contribution in [1.29, 1.82) is 0 Å². The summed E-state index contributed by atoms with van der Waals surface area (Å²) in [5.41, 5.74) is 0. The molecule has 0 bridgehead atoms. The molecule has 0 aliphatic heterocycles. The average Bonchev–Trinajstić information content (AvgIpc) is 2.33. The molecule has 0 aliphatic rings. The second kappa shape index (κ2) is 15.6. The maximum atomic E-state index is 9.80. The van der Waals surface area contributed by atoms with Crippen molar-refractivity contribution in [2.24, 2.45) is 0 Å². The zero-order chi connectivity index (χ0) is 14.6. The minimum atomic E-state index is -1.44. The summed E-state index contributed by atoms with van der Waals surface area (Å²) >= 11 is 8.82. The van der Waals surface area contributed by atoms with E-state index < -0.39 is 24.1 Å². The largest absolute Gasteiger partial charge is 2.00 e. The van der Waals surface area contributed by atoms with Gasteiger partial charge in [-0.15, -0.1) is 0 Å². The van der Waals surface area contributed by atoms with Crippen LogP contribution in [0.15, 0.2) is 0 Å². The quantitative estimate of drug-likeness (QED) is 0.372. The van der Waals surface area contributed by atoms with Gasteiger partial charge in [-0.05, 0) is 36.4 Å². The summed E-state index contributed by atoms with van der Waals surface area (Å²) in [6, 6.07) is 0. The first-order valence-electron chi connectivity index (χ1n) is 5.01. The smallest absolute Gasteiger partial charge is 0.547 e. The summed E-state index contributed by atoms with van der Waals surface area (Å²) in [6.07, 6.45) is -1.61. The van der Waals surface area contributed by atoms with Crippen LogP contribution in [0.1, 0.15) is 25.7 Å². The van der Waals surface area contributed by atoms with Gasteiger partial charge in [-0.25, -0.2) is 0 Å². The number of carboxylic acid groups (broad SMARTS) is 2. The molecule has 0 amide bonds. The molecule has 0 spiro atoms. The van der Waals surface area contributed by atoms with Crippen LogP contribution in [0.3, 0.4) is 0 Å². The second-order valence-corrected chi connectivity index (χ2v) is 3.82. The number of hydrogen-bond acceptors (Lipinski definition) is 8. The van der Waals surface area contributed by atoms with Gasteiger partial charge in [-0.2, -0.15) is 0 Å². The molecule has 0 saturated heterocycles. The maximum Gasteiger partial charge on any atom is 2.00 e. The maximum absolute atomic E-state index is 9.80. The number of rotatable bonds is 8. The van der Waals surface area contributed by atoms with E-state index in [4.69, 9.17) is 10.2 Å². The first kappa shape index (κ1) is 23.6.